The minimum Gasteiger partial charge on any atom is -0.237 e. The number of hydrogen-bond acceptors (Lipinski definition) is 4. The zero-order chi connectivity index (χ0) is 12.6. The van der Waals surface area contributed by atoms with E-state index in [0.29, 0.717) is 11.0 Å². The van der Waals surface area contributed by atoms with Crippen molar-refractivity contribution in [2.75, 3.05) is 0 Å². The van der Waals surface area contributed by atoms with Gasteiger partial charge in [0.05, 0.1) is 5.01 Å². The summed E-state index contributed by atoms with van der Waals surface area (Å²) in [5, 5.41) is 3.51. The fraction of sp³-hybridized carbons (Fsp3) is 0.417. The molecule has 2 heterocycles. The molecule has 0 unspecified atom stereocenters. The molecule has 0 amide bonds. The Hall–Kier alpha value is -1.00. The van der Waals surface area contributed by atoms with Crippen molar-refractivity contribution in [2.24, 2.45) is 0 Å². The van der Waals surface area contributed by atoms with E-state index in [1.165, 1.54) is 0 Å². The number of rotatable bonds is 1. The summed E-state index contributed by atoms with van der Waals surface area (Å²) < 4.78 is 0. The lowest BCUT2D eigenvalue weighted by Crippen LogP contribution is -2.10. The maximum atomic E-state index is 5.92. The highest BCUT2D eigenvalue weighted by Gasteiger charge is 2.19. The second-order valence-corrected chi connectivity index (χ2v) is 6.19. The number of aromatic nitrogens is 3. The first-order chi connectivity index (χ1) is 7.86. The minimum absolute atomic E-state index is 0.0521. The molecule has 0 radical (unpaired) electrons. The summed E-state index contributed by atoms with van der Waals surface area (Å²) in [4.78, 5) is 13.1. The average molecular weight is 268 g/mol. The van der Waals surface area contributed by atoms with Crippen molar-refractivity contribution in [1.29, 1.82) is 0 Å². The number of thiazole rings is 1. The molecule has 2 aromatic rings. The van der Waals surface area contributed by atoms with Crippen LogP contribution in [0.15, 0.2) is 11.4 Å². The molecule has 5 heteroatoms. The van der Waals surface area contributed by atoms with Crippen molar-refractivity contribution in [2.45, 2.75) is 33.1 Å². The second kappa shape index (κ2) is 4.35. The molecule has 0 atom stereocenters. The Morgan fingerprint density at radius 2 is 1.88 bits per heavy atom. The Balaban J connectivity index is 2.44. The normalized spacial score (nSPS) is 11.8. The lowest BCUT2D eigenvalue weighted by atomic mass is 9.98. The van der Waals surface area contributed by atoms with Crippen LogP contribution in [0, 0.1) is 6.92 Å². The predicted octanol–water partition coefficient (Wildman–Crippen LogP) is 3.86. The predicted molar refractivity (Wildman–Crippen MR) is 71.6 cm³/mol. The molecule has 0 aliphatic rings. The van der Waals surface area contributed by atoms with Gasteiger partial charge in [0.25, 0.3) is 0 Å². The van der Waals surface area contributed by atoms with Crippen molar-refractivity contribution in [3.05, 3.63) is 27.3 Å². The SMILES string of the molecule is Cc1cc(Cl)nc(-c2csc(C(C)(C)C)n2)n1. The fourth-order valence-electron chi connectivity index (χ4n) is 1.37. The summed E-state index contributed by atoms with van der Waals surface area (Å²) in [5.41, 5.74) is 1.70. The van der Waals surface area contributed by atoms with E-state index in [-0.39, 0.29) is 5.41 Å². The zero-order valence-corrected chi connectivity index (χ0v) is 11.9. The van der Waals surface area contributed by atoms with E-state index in [4.69, 9.17) is 11.6 Å². The van der Waals surface area contributed by atoms with Gasteiger partial charge < -0.3 is 0 Å². The van der Waals surface area contributed by atoms with Gasteiger partial charge in [-0.3, -0.25) is 0 Å². The average Bonchev–Trinajstić information content (AvgIpc) is 2.63. The van der Waals surface area contributed by atoms with Gasteiger partial charge in [-0.2, -0.15) is 0 Å². The van der Waals surface area contributed by atoms with Gasteiger partial charge in [-0.25, -0.2) is 15.0 Å². The highest BCUT2D eigenvalue weighted by atomic mass is 35.5. The molecule has 0 saturated heterocycles. The standard InChI is InChI=1S/C12H14ClN3S/c1-7-5-9(13)16-10(14-7)8-6-17-11(15-8)12(2,3)4/h5-6H,1-4H3. The lowest BCUT2D eigenvalue weighted by Gasteiger charge is -2.13. The summed E-state index contributed by atoms with van der Waals surface area (Å²) >= 11 is 7.55. The summed E-state index contributed by atoms with van der Waals surface area (Å²) in [6.45, 7) is 8.31. The Labute approximate surface area is 110 Å². The number of hydrogen-bond donors (Lipinski definition) is 0. The van der Waals surface area contributed by atoms with E-state index in [0.717, 1.165) is 16.4 Å². The summed E-state index contributed by atoms with van der Waals surface area (Å²) in [7, 11) is 0. The molecule has 17 heavy (non-hydrogen) atoms. The van der Waals surface area contributed by atoms with Gasteiger partial charge in [0.15, 0.2) is 5.82 Å². The molecule has 0 aliphatic carbocycles. The van der Waals surface area contributed by atoms with Gasteiger partial charge in [-0.15, -0.1) is 11.3 Å². The van der Waals surface area contributed by atoms with E-state index in [9.17, 15) is 0 Å². The first kappa shape index (κ1) is 12.5. The van der Waals surface area contributed by atoms with Crippen LogP contribution in [0.5, 0.6) is 0 Å². The van der Waals surface area contributed by atoms with Gasteiger partial charge in [0, 0.05) is 16.5 Å². The van der Waals surface area contributed by atoms with Gasteiger partial charge >= 0.3 is 0 Å². The van der Waals surface area contributed by atoms with E-state index >= 15 is 0 Å². The third kappa shape index (κ3) is 2.82. The van der Waals surface area contributed by atoms with E-state index in [1.807, 2.05) is 12.3 Å². The quantitative estimate of drug-likeness (QED) is 0.737. The van der Waals surface area contributed by atoms with Crippen LogP contribution in [0.25, 0.3) is 11.5 Å². The largest absolute Gasteiger partial charge is 0.237 e. The molecular formula is C12H14ClN3S. The molecule has 0 bridgehead atoms. The Morgan fingerprint density at radius 3 is 2.41 bits per heavy atom. The zero-order valence-electron chi connectivity index (χ0n) is 10.3. The third-order valence-electron chi connectivity index (χ3n) is 2.20. The third-order valence-corrected chi connectivity index (χ3v) is 3.66. The molecule has 0 aliphatic heterocycles. The Kier molecular flexibility index (Phi) is 3.19. The van der Waals surface area contributed by atoms with Crippen LogP contribution in [0.3, 0.4) is 0 Å². The van der Waals surface area contributed by atoms with Crippen molar-refractivity contribution in [3.63, 3.8) is 0 Å². The molecule has 2 rings (SSSR count). The molecule has 0 saturated carbocycles. The van der Waals surface area contributed by atoms with Crippen molar-refractivity contribution < 1.29 is 0 Å². The maximum Gasteiger partial charge on any atom is 0.180 e. The molecule has 2 aromatic heterocycles. The van der Waals surface area contributed by atoms with Crippen LogP contribution >= 0.6 is 22.9 Å². The first-order valence-electron chi connectivity index (χ1n) is 5.34. The Bertz CT molecular complexity index is 523. The van der Waals surface area contributed by atoms with Crippen molar-refractivity contribution >= 4 is 22.9 Å². The number of nitrogens with zero attached hydrogens (tertiary/aromatic N) is 3. The Morgan fingerprint density at radius 1 is 1.18 bits per heavy atom. The maximum absolute atomic E-state index is 5.92. The molecule has 0 N–H and O–H groups in total. The number of halogens is 1. The van der Waals surface area contributed by atoms with Crippen molar-refractivity contribution in [3.8, 4) is 11.5 Å². The van der Waals surface area contributed by atoms with Crippen LogP contribution in [-0.4, -0.2) is 15.0 Å². The van der Waals surface area contributed by atoms with Gasteiger partial charge in [-0.1, -0.05) is 32.4 Å². The van der Waals surface area contributed by atoms with E-state index in [1.54, 1.807) is 17.4 Å². The monoisotopic (exact) mass is 267 g/mol. The summed E-state index contributed by atoms with van der Waals surface area (Å²) in [5.74, 6) is 0.599. The van der Waals surface area contributed by atoms with Crippen molar-refractivity contribution in [1.82, 2.24) is 15.0 Å². The van der Waals surface area contributed by atoms with Gasteiger partial charge in [0.2, 0.25) is 0 Å². The highest BCUT2D eigenvalue weighted by Crippen LogP contribution is 2.28. The van der Waals surface area contributed by atoms with Crippen LogP contribution in [0.2, 0.25) is 5.15 Å². The first-order valence-corrected chi connectivity index (χ1v) is 6.59. The summed E-state index contributed by atoms with van der Waals surface area (Å²) in [6, 6.07) is 1.74. The van der Waals surface area contributed by atoms with E-state index in [2.05, 4.69) is 35.7 Å². The fourth-order valence-corrected chi connectivity index (χ4v) is 2.49. The van der Waals surface area contributed by atoms with Gasteiger partial charge in [0.1, 0.15) is 10.8 Å². The number of aryl methyl sites for hydroxylation is 1. The van der Waals surface area contributed by atoms with Crippen LogP contribution in [0.1, 0.15) is 31.5 Å². The molecule has 0 spiro atoms. The lowest BCUT2D eigenvalue weighted by molar-refractivity contribution is 0.586. The van der Waals surface area contributed by atoms with Gasteiger partial charge in [-0.05, 0) is 13.0 Å². The van der Waals surface area contributed by atoms with Crippen LogP contribution in [0.4, 0.5) is 0 Å². The smallest absolute Gasteiger partial charge is 0.180 e. The van der Waals surface area contributed by atoms with Crippen LogP contribution in [-0.2, 0) is 5.41 Å². The van der Waals surface area contributed by atoms with E-state index < -0.39 is 0 Å². The molecule has 0 fully saturated rings. The minimum atomic E-state index is 0.0521. The molecular weight excluding hydrogens is 254 g/mol. The van der Waals surface area contributed by atoms with Crippen LogP contribution < -0.4 is 0 Å². The molecule has 3 nitrogen and oxygen atoms in total. The highest BCUT2D eigenvalue weighted by molar-refractivity contribution is 7.10. The molecule has 90 valence electrons. The second-order valence-electron chi connectivity index (χ2n) is 4.94. The summed E-state index contributed by atoms with van der Waals surface area (Å²) in [6.07, 6.45) is 0. The molecule has 0 aromatic carbocycles. The topological polar surface area (TPSA) is 38.7 Å².